The van der Waals surface area contributed by atoms with Crippen LogP contribution >= 0.6 is 0 Å². The van der Waals surface area contributed by atoms with Gasteiger partial charge in [-0.25, -0.2) is 4.98 Å². The van der Waals surface area contributed by atoms with Gasteiger partial charge in [-0.2, -0.15) is 0 Å². The van der Waals surface area contributed by atoms with Crippen molar-refractivity contribution in [3.05, 3.63) is 24.4 Å². The van der Waals surface area contributed by atoms with Crippen LogP contribution in [0.5, 0.6) is 0 Å². The summed E-state index contributed by atoms with van der Waals surface area (Å²) in [6.45, 7) is 2.02. The smallest absolute Gasteiger partial charge is 0.222 e. The number of hydrogen-bond acceptors (Lipinski definition) is 3. The molecule has 0 aromatic carbocycles. The first-order valence-electron chi connectivity index (χ1n) is 7.80. The van der Waals surface area contributed by atoms with E-state index in [9.17, 15) is 4.79 Å². The average molecular weight is 271 g/mol. The van der Waals surface area contributed by atoms with Crippen molar-refractivity contribution in [2.75, 3.05) is 18.0 Å². The molecule has 4 heteroatoms. The lowest BCUT2D eigenvalue weighted by Crippen LogP contribution is -2.53. The summed E-state index contributed by atoms with van der Waals surface area (Å²) in [7, 11) is 0. The van der Waals surface area contributed by atoms with Crippen molar-refractivity contribution in [1.82, 2.24) is 9.88 Å². The number of hydrogen-bond donors (Lipinski definition) is 0. The van der Waals surface area contributed by atoms with Gasteiger partial charge in [-0.3, -0.25) is 4.79 Å². The molecule has 4 rings (SSSR count). The minimum atomic E-state index is 0.376. The van der Waals surface area contributed by atoms with Gasteiger partial charge in [-0.05, 0) is 43.7 Å². The molecule has 2 aliphatic heterocycles. The van der Waals surface area contributed by atoms with Crippen molar-refractivity contribution >= 4 is 11.7 Å². The molecule has 1 amide bonds. The van der Waals surface area contributed by atoms with E-state index in [2.05, 4.69) is 20.9 Å². The molecule has 1 saturated carbocycles. The lowest BCUT2D eigenvalue weighted by molar-refractivity contribution is -0.136. The molecule has 2 saturated heterocycles. The van der Waals surface area contributed by atoms with Crippen molar-refractivity contribution in [3.63, 3.8) is 0 Å². The molecule has 0 radical (unpaired) electrons. The number of rotatable bonds is 3. The number of amides is 1. The van der Waals surface area contributed by atoms with Gasteiger partial charge in [0, 0.05) is 25.7 Å². The second-order valence-electron chi connectivity index (χ2n) is 6.33. The normalized spacial score (nSPS) is 29.7. The topological polar surface area (TPSA) is 36.4 Å². The number of carbonyl (C=O) groups is 1. The maximum absolute atomic E-state index is 12.2. The van der Waals surface area contributed by atoms with E-state index in [0.29, 0.717) is 24.4 Å². The van der Waals surface area contributed by atoms with E-state index in [1.807, 2.05) is 18.3 Å². The van der Waals surface area contributed by atoms with Crippen LogP contribution in [0.3, 0.4) is 0 Å². The Bertz CT molecular complexity index is 500. The maximum atomic E-state index is 12.2. The maximum Gasteiger partial charge on any atom is 0.222 e. The second kappa shape index (κ2) is 4.76. The van der Waals surface area contributed by atoms with E-state index in [1.54, 1.807) is 0 Å². The summed E-state index contributed by atoms with van der Waals surface area (Å²) >= 11 is 0. The van der Waals surface area contributed by atoms with E-state index in [4.69, 9.17) is 0 Å². The lowest BCUT2D eigenvalue weighted by atomic mass is 9.96. The highest BCUT2D eigenvalue weighted by Crippen LogP contribution is 2.37. The summed E-state index contributed by atoms with van der Waals surface area (Å²) in [6, 6.07) is 6.98. The molecule has 106 valence electrons. The molecule has 3 aliphatic rings. The van der Waals surface area contributed by atoms with Crippen LogP contribution in [0.2, 0.25) is 0 Å². The number of aromatic nitrogens is 1. The third-order valence-corrected chi connectivity index (χ3v) is 4.98. The number of carbonyl (C=O) groups excluding carboxylic acids is 1. The van der Waals surface area contributed by atoms with Crippen LogP contribution in [-0.2, 0) is 4.79 Å². The van der Waals surface area contributed by atoms with Crippen LogP contribution in [0.1, 0.15) is 32.1 Å². The van der Waals surface area contributed by atoms with Crippen LogP contribution in [0.15, 0.2) is 24.4 Å². The van der Waals surface area contributed by atoms with Gasteiger partial charge in [0.05, 0.1) is 12.1 Å². The largest absolute Gasteiger partial charge is 0.351 e. The molecule has 0 N–H and O–H groups in total. The molecule has 2 atom stereocenters. The number of pyridine rings is 1. The van der Waals surface area contributed by atoms with Gasteiger partial charge in [-0.15, -0.1) is 0 Å². The zero-order valence-electron chi connectivity index (χ0n) is 11.7. The standard InChI is InChI=1S/C16H21N3O/c20-16-7-6-13-14(19(16)11-12-4-5-12)8-10-18(13)15-3-1-2-9-17-15/h1-3,9,12-14H,4-8,10-11H2/t13-,14-/m1/s1. The van der Waals surface area contributed by atoms with Crippen LogP contribution in [0.25, 0.3) is 0 Å². The molecule has 3 fully saturated rings. The van der Waals surface area contributed by atoms with Gasteiger partial charge in [0.1, 0.15) is 5.82 Å². The summed E-state index contributed by atoms with van der Waals surface area (Å²) in [6.07, 6.45) is 7.27. The number of fused-ring (bicyclic) bond motifs is 1. The third-order valence-electron chi connectivity index (χ3n) is 4.98. The lowest BCUT2D eigenvalue weighted by Gasteiger charge is -2.40. The van der Waals surface area contributed by atoms with Gasteiger partial charge in [0.25, 0.3) is 0 Å². The zero-order chi connectivity index (χ0) is 13.5. The van der Waals surface area contributed by atoms with Gasteiger partial charge in [0.15, 0.2) is 0 Å². The molecule has 0 unspecified atom stereocenters. The second-order valence-corrected chi connectivity index (χ2v) is 6.33. The predicted octanol–water partition coefficient (Wildman–Crippen LogP) is 2.06. The van der Waals surface area contributed by atoms with E-state index in [1.165, 1.54) is 12.8 Å². The first kappa shape index (κ1) is 12.2. The number of anilines is 1. The van der Waals surface area contributed by atoms with Crippen molar-refractivity contribution in [2.24, 2.45) is 5.92 Å². The fourth-order valence-corrected chi connectivity index (χ4v) is 3.77. The molecule has 0 spiro atoms. The van der Waals surface area contributed by atoms with Gasteiger partial charge in [0.2, 0.25) is 5.91 Å². The number of likely N-dealkylation sites (tertiary alicyclic amines) is 1. The minimum absolute atomic E-state index is 0.376. The van der Waals surface area contributed by atoms with Gasteiger partial charge >= 0.3 is 0 Å². The molecule has 3 heterocycles. The van der Waals surface area contributed by atoms with Crippen molar-refractivity contribution < 1.29 is 4.79 Å². The molecule has 1 aliphatic carbocycles. The van der Waals surface area contributed by atoms with Crippen molar-refractivity contribution in [1.29, 1.82) is 0 Å². The van der Waals surface area contributed by atoms with Crippen molar-refractivity contribution in [3.8, 4) is 0 Å². The fraction of sp³-hybridized carbons (Fsp3) is 0.625. The number of piperidine rings is 1. The highest BCUT2D eigenvalue weighted by atomic mass is 16.2. The van der Waals surface area contributed by atoms with Gasteiger partial charge in [-0.1, -0.05) is 6.07 Å². The monoisotopic (exact) mass is 271 g/mol. The van der Waals surface area contributed by atoms with Crippen molar-refractivity contribution in [2.45, 2.75) is 44.2 Å². The molecule has 0 bridgehead atoms. The first-order chi connectivity index (χ1) is 9.83. The molecular formula is C16H21N3O. The molecule has 1 aromatic rings. The Labute approximate surface area is 119 Å². The van der Waals surface area contributed by atoms with E-state index in [0.717, 1.165) is 37.7 Å². The Morgan fingerprint density at radius 2 is 2.05 bits per heavy atom. The minimum Gasteiger partial charge on any atom is -0.351 e. The fourth-order valence-electron chi connectivity index (χ4n) is 3.77. The highest BCUT2D eigenvalue weighted by molar-refractivity contribution is 5.78. The quantitative estimate of drug-likeness (QED) is 0.844. The Morgan fingerprint density at radius 1 is 1.15 bits per heavy atom. The Hall–Kier alpha value is -1.58. The predicted molar refractivity (Wildman–Crippen MR) is 77.4 cm³/mol. The Morgan fingerprint density at radius 3 is 2.80 bits per heavy atom. The van der Waals surface area contributed by atoms with E-state index in [-0.39, 0.29) is 0 Å². The highest BCUT2D eigenvalue weighted by Gasteiger charge is 2.44. The first-order valence-corrected chi connectivity index (χ1v) is 7.80. The molecular weight excluding hydrogens is 250 g/mol. The molecule has 4 nitrogen and oxygen atoms in total. The number of nitrogens with zero attached hydrogens (tertiary/aromatic N) is 3. The van der Waals surface area contributed by atoms with Crippen LogP contribution in [0, 0.1) is 5.92 Å². The van der Waals surface area contributed by atoms with E-state index >= 15 is 0 Å². The molecule has 20 heavy (non-hydrogen) atoms. The summed E-state index contributed by atoms with van der Waals surface area (Å²) in [4.78, 5) is 21.3. The summed E-state index contributed by atoms with van der Waals surface area (Å²) < 4.78 is 0. The zero-order valence-corrected chi connectivity index (χ0v) is 11.7. The Kier molecular flexibility index (Phi) is 2.90. The average Bonchev–Trinajstić information content (AvgIpc) is 3.20. The Balaban J connectivity index is 1.55. The molecule has 1 aromatic heterocycles. The summed E-state index contributed by atoms with van der Waals surface area (Å²) in [5, 5.41) is 0. The SMILES string of the molecule is O=C1CC[C@@H]2[C@@H](CCN2c2ccccn2)N1CC1CC1. The van der Waals surface area contributed by atoms with Crippen LogP contribution in [-0.4, -0.2) is 41.0 Å². The van der Waals surface area contributed by atoms with Crippen LogP contribution < -0.4 is 4.90 Å². The third kappa shape index (κ3) is 2.07. The summed E-state index contributed by atoms with van der Waals surface area (Å²) in [5.41, 5.74) is 0. The van der Waals surface area contributed by atoms with E-state index < -0.39 is 0 Å². The van der Waals surface area contributed by atoms with Crippen LogP contribution in [0.4, 0.5) is 5.82 Å². The van der Waals surface area contributed by atoms with Gasteiger partial charge < -0.3 is 9.80 Å². The summed E-state index contributed by atoms with van der Waals surface area (Å²) in [5.74, 6) is 2.23.